The molecule has 1 unspecified atom stereocenters. The van der Waals surface area contributed by atoms with Crippen molar-refractivity contribution in [3.63, 3.8) is 0 Å². The number of benzene rings is 2. The monoisotopic (exact) mass is 441 g/mol. The van der Waals surface area contributed by atoms with E-state index in [1.54, 1.807) is 25.2 Å². The number of amides is 2. The van der Waals surface area contributed by atoms with Gasteiger partial charge in [0.05, 0.1) is 11.8 Å². The normalized spacial score (nSPS) is 18.1. The summed E-state index contributed by atoms with van der Waals surface area (Å²) in [7, 11) is 3.61. The van der Waals surface area contributed by atoms with Gasteiger partial charge < -0.3 is 9.80 Å². The molecule has 5 nitrogen and oxygen atoms in total. The lowest BCUT2D eigenvalue weighted by molar-refractivity contribution is -0.147. The van der Waals surface area contributed by atoms with Crippen LogP contribution in [0.4, 0.5) is 0 Å². The molecule has 1 aliphatic heterocycles. The average Bonchev–Trinajstić information content (AvgIpc) is 2.85. The topological polar surface area (TPSA) is 53.5 Å². The summed E-state index contributed by atoms with van der Waals surface area (Å²) >= 11 is 0. The van der Waals surface area contributed by atoms with Crippen LogP contribution in [-0.2, 0) is 22.4 Å². The van der Waals surface area contributed by atoms with Gasteiger partial charge in [-0.1, -0.05) is 60.7 Å². The first-order chi connectivity index (χ1) is 16.0. The summed E-state index contributed by atoms with van der Waals surface area (Å²) in [6.45, 7) is 1.12. The van der Waals surface area contributed by atoms with Gasteiger partial charge in [0.25, 0.3) is 0 Å². The number of nitrogens with zero attached hydrogens (tertiary/aromatic N) is 3. The van der Waals surface area contributed by atoms with Crippen molar-refractivity contribution in [3.8, 4) is 11.1 Å². The first-order valence-electron chi connectivity index (χ1n) is 11.5. The van der Waals surface area contributed by atoms with Gasteiger partial charge in [-0.15, -0.1) is 0 Å². The Morgan fingerprint density at radius 1 is 0.939 bits per heavy atom. The predicted octanol–water partition coefficient (Wildman–Crippen LogP) is 4.23. The molecule has 5 heteroatoms. The Morgan fingerprint density at radius 3 is 2.30 bits per heavy atom. The van der Waals surface area contributed by atoms with Crippen molar-refractivity contribution in [2.75, 3.05) is 27.2 Å². The van der Waals surface area contributed by atoms with Crippen LogP contribution in [0.1, 0.15) is 24.1 Å². The molecule has 2 amide bonds. The van der Waals surface area contributed by atoms with E-state index in [2.05, 4.69) is 41.4 Å². The van der Waals surface area contributed by atoms with Crippen molar-refractivity contribution in [1.29, 1.82) is 0 Å². The summed E-state index contributed by atoms with van der Waals surface area (Å²) in [4.78, 5) is 34.3. The summed E-state index contributed by atoms with van der Waals surface area (Å²) in [6.07, 6.45) is 4.18. The average molecular weight is 442 g/mol. The van der Waals surface area contributed by atoms with E-state index in [0.717, 1.165) is 29.7 Å². The van der Waals surface area contributed by atoms with Crippen LogP contribution in [0.2, 0.25) is 0 Å². The largest absolute Gasteiger partial charge is 0.348 e. The zero-order chi connectivity index (χ0) is 23.3. The quantitative estimate of drug-likeness (QED) is 0.575. The minimum absolute atomic E-state index is 0.0313. The van der Waals surface area contributed by atoms with Gasteiger partial charge in [0.1, 0.15) is 0 Å². The lowest BCUT2D eigenvalue weighted by Crippen LogP contribution is -2.54. The number of pyridine rings is 1. The Bertz CT molecular complexity index is 1080. The van der Waals surface area contributed by atoms with E-state index in [1.807, 2.05) is 41.3 Å². The third-order valence-electron chi connectivity index (χ3n) is 6.45. The molecule has 0 bridgehead atoms. The van der Waals surface area contributed by atoms with E-state index in [0.29, 0.717) is 19.5 Å². The fraction of sp³-hybridized carbons (Fsp3) is 0.321. The summed E-state index contributed by atoms with van der Waals surface area (Å²) in [5.74, 6) is 0.119. The molecule has 4 rings (SSSR count). The maximum Gasteiger partial charge on any atom is 0.230 e. The maximum absolute atomic E-state index is 13.4. The highest BCUT2D eigenvalue weighted by Gasteiger charge is 2.44. The molecule has 0 aliphatic carbocycles. The number of aromatic nitrogens is 1. The van der Waals surface area contributed by atoms with Crippen molar-refractivity contribution in [2.45, 2.75) is 25.7 Å². The molecule has 170 valence electrons. The van der Waals surface area contributed by atoms with Gasteiger partial charge >= 0.3 is 0 Å². The Morgan fingerprint density at radius 2 is 1.64 bits per heavy atom. The van der Waals surface area contributed by atoms with Gasteiger partial charge in [-0.05, 0) is 48.1 Å². The number of rotatable bonds is 6. The predicted molar refractivity (Wildman–Crippen MR) is 130 cm³/mol. The number of piperidine rings is 1. The standard InChI is InChI=1S/C28H31N3O2/c1-30(2)27(33)28(20-22-12-14-24(15-13-22)23-9-4-3-5-10-23)16-8-18-31(21-28)26(32)19-25-11-6-7-17-29-25/h3-7,9-15,17H,8,16,18-21H2,1-2H3. The van der Waals surface area contributed by atoms with Crippen LogP contribution in [0.15, 0.2) is 79.0 Å². The zero-order valence-electron chi connectivity index (χ0n) is 19.4. The van der Waals surface area contributed by atoms with E-state index in [1.165, 1.54) is 5.56 Å². The molecule has 0 saturated carbocycles. The van der Waals surface area contributed by atoms with Crippen molar-refractivity contribution in [1.82, 2.24) is 14.8 Å². The summed E-state index contributed by atoms with van der Waals surface area (Å²) in [5.41, 5.74) is 3.59. The number of hydrogen-bond acceptors (Lipinski definition) is 3. The highest BCUT2D eigenvalue weighted by atomic mass is 16.2. The first kappa shape index (κ1) is 22.7. The van der Waals surface area contributed by atoms with Crippen molar-refractivity contribution in [2.24, 2.45) is 5.41 Å². The molecule has 2 aromatic carbocycles. The van der Waals surface area contributed by atoms with Crippen LogP contribution in [0, 0.1) is 5.41 Å². The molecule has 3 aromatic rings. The molecule has 0 N–H and O–H groups in total. The third kappa shape index (κ3) is 5.30. The third-order valence-corrected chi connectivity index (χ3v) is 6.45. The van der Waals surface area contributed by atoms with E-state index >= 15 is 0 Å². The first-order valence-corrected chi connectivity index (χ1v) is 11.5. The molecule has 0 spiro atoms. The highest BCUT2D eigenvalue weighted by molar-refractivity contribution is 5.85. The molecule has 1 fully saturated rings. The molecule has 2 heterocycles. The zero-order valence-corrected chi connectivity index (χ0v) is 19.4. The molecule has 1 aliphatic rings. The van der Waals surface area contributed by atoms with Crippen LogP contribution < -0.4 is 0 Å². The second kappa shape index (κ2) is 9.99. The van der Waals surface area contributed by atoms with Crippen LogP contribution in [0.5, 0.6) is 0 Å². The molecular formula is C28H31N3O2. The Hall–Kier alpha value is -3.47. The summed E-state index contributed by atoms with van der Waals surface area (Å²) in [6, 6.07) is 24.3. The Balaban J connectivity index is 1.54. The van der Waals surface area contributed by atoms with Crippen LogP contribution in [0.3, 0.4) is 0 Å². The van der Waals surface area contributed by atoms with Gasteiger partial charge in [-0.25, -0.2) is 0 Å². The maximum atomic E-state index is 13.4. The van der Waals surface area contributed by atoms with E-state index < -0.39 is 5.41 Å². The van der Waals surface area contributed by atoms with E-state index in [9.17, 15) is 9.59 Å². The molecule has 33 heavy (non-hydrogen) atoms. The van der Waals surface area contributed by atoms with Gasteiger partial charge in [0.15, 0.2) is 0 Å². The minimum atomic E-state index is -0.615. The Labute approximate surface area is 196 Å². The number of carbonyl (C=O) groups is 2. The summed E-state index contributed by atoms with van der Waals surface area (Å²) in [5, 5.41) is 0. The van der Waals surface area contributed by atoms with Crippen molar-refractivity contribution >= 4 is 11.8 Å². The lowest BCUT2D eigenvalue weighted by atomic mass is 9.73. The van der Waals surface area contributed by atoms with E-state index in [4.69, 9.17) is 0 Å². The second-order valence-electron chi connectivity index (χ2n) is 9.14. The Kier molecular flexibility index (Phi) is 6.87. The van der Waals surface area contributed by atoms with Crippen molar-refractivity contribution < 1.29 is 9.59 Å². The SMILES string of the molecule is CN(C)C(=O)C1(Cc2ccc(-c3ccccc3)cc2)CCCN(C(=O)Cc2ccccn2)C1. The smallest absolute Gasteiger partial charge is 0.230 e. The highest BCUT2D eigenvalue weighted by Crippen LogP contribution is 2.36. The number of carbonyl (C=O) groups excluding carboxylic acids is 2. The minimum Gasteiger partial charge on any atom is -0.348 e. The van der Waals surface area contributed by atoms with Gasteiger partial charge in [0.2, 0.25) is 11.8 Å². The van der Waals surface area contributed by atoms with E-state index in [-0.39, 0.29) is 18.2 Å². The van der Waals surface area contributed by atoms with Gasteiger partial charge in [-0.3, -0.25) is 14.6 Å². The van der Waals surface area contributed by atoms with Crippen LogP contribution in [-0.4, -0.2) is 53.8 Å². The second-order valence-corrected chi connectivity index (χ2v) is 9.14. The fourth-order valence-electron chi connectivity index (χ4n) is 4.82. The van der Waals surface area contributed by atoms with Gasteiger partial charge in [0, 0.05) is 39.1 Å². The molecule has 1 aromatic heterocycles. The molecule has 0 radical (unpaired) electrons. The van der Waals surface area contributed by atoms with Crippen LogP contribution >= 0.6 is 0 Å². The molecule has 1 atom stereocenters. The lowest BCUT2D eigenvalue weighted by Gasteiger charge is -2.43. The fourth-order valence-corrected chi connectivity index (χ4v) is 4.82. The molecule has 1 saturated heterocycles. The van der Waals surface area contributed by atoms with Crippen LogP contribution in [0.25, 0.3) is 11.1 Å². The molecular weight excluding hydrogens is 410 g/mol. The summed E-state index contributed by atoms with van der Waals surface area (Å²) < 4.78 is 0. The number of hydrogen-bond donors (Lipinski definition) is 0. The number of likely N-dealkylation sites (tertiary alicyclic amines) is 1. The van der Waals surface area contributed by atoms with Gasteiger partial charge in [-0.2, -0.15) is 0 Å². The van der Waals surface area contributed by atoms with Crippen molar-refractivity contribution in [3.05, 3.63) is 90.3 Å².